The maximum Gasteiger partial charge on any atom is 0.0585 e. The molecule has 1 heteroatoms. The topological polar surface area (TPSA) is 20.2 Å². The standard InChI is InChI=1S/C9H15O/c1-7-4-8(10)6-9(2,3)5-7/h8,10H,4,6H2,1-3H3. The van der Waals surface area contributed by atoms with Crippen LogP contribution in [-0.4, -0.2) is 11.2 Å². The van der Waals surface area contributed by atoms with Crippen molar-refractivity contribution >= 4 is 0 Å². The normalized spacial score (nSPS) is 31.6. The van der Waals surface area contributed by atoms with Gasteiger partial charge < -0.3 is 5.11 Å². The Morgan fingerprint density at radius 3 is 2.60 bits per heavy atom. The number of hydrogen-bond donors (Lipinski definition) is 1. The molecular weight excluding hydrogens is 124 g/mol. The molecule has 1 aliphatic carbocycles. The predicted octanol–water partition coefficient (Wildman–Crippen LogP) is 1.92. The van der Waals surface area contributed by atoms with Crippen LogP contribution in [0.1, 0.15) is 33.6 Å². The predicted molar refractivity (Wildman–Crippen MR) is 41.5 cm³/mol. The van der Waals surface area contributed by atoms with E-state index in [1.165, 1.54) is 5.57 Å². The minimum atomic E-state index is -0.142. The summed E-state index contributed by atoms with van der Waals surface area (Å²) in [5.74, 6) is 0. The van der Waals surface area contributed by atoms with Crippen LogP contribution >= 0.6 is 0 Å². The van der Waals surface area contributed by atoms with E-state index in [0.717, 1.165) is 12.8 Å². The zero-order valence-electron chi connectivity index (χ0n) is 6.94. The fraction of sp³-hybridized carbons (Fsp3) is 0.778. The molecule has 0 fully saturated rings. The molecule has 1 atom stereocenters. The molecule has 1 rings (SSSR count). The van der Waals surface area contributed by atoms with Crippen LogP contribution in [0.5, 0.6) is 0 Å². The van der Waals surface area contributed by atoms with Crippen LogP contribution in [0.3, 0.4) is 0 Å². The second-order valence-electron chi connectivity index (χ2n) is 3.85. The lowest BCUT2D eigenvalue weighted by Gasteiger charge is -2.29. The van der Waals surface area contributed by atoms with Crippen LogP contribution < -0.4 is 0 Å². The number of aliphatic hydroxyl groups is 1. The van der Waals surface area contributed by atoms with E-state index in [0.29, 0.717) is 0 Å². The summed E-state index contributed by atoms with van der Waals surface area (Å²) in [6.45, 7) is 6.25. The molecule has 1 N–H and O–H groups in total. The lowest BCUT2D eigenvalue weighted by Crippen LogP contribution is -2.24. The molecule has 0 spiro atoms. The first-order valence-electron chi connectivity index (χ1n) is 3.78. The Morgan fingerprint density at radius 1 is 1.60 bits per heavy atom. The van der Waals surface area contributed by atoms with Crippen LogP contribution in [0.25, 0.3) is 0 Å². The first-order chi connectivity index (χ1) is 4.49. The zero-order chi connectivity index (χ0) is 7.78. The third-order valence-corrected chi connectivity index (χ3v) is 1.84. The number of aliphatic hydroxyl groups excluding tert-OH is 1. The van der Waals surface area contributed by atoms with Crippen LogP contribution in [0.15, 0.2) is 5.57 Å². The van der Waals surface area contributed by atoms with Gasteiger partial charge in [-0.2, -0.15) is 0 Å². The Bertz CT molecular complexity index is 156. The Labute approximate surface area is 62.8 Å². The quantitative estimate of drug-likeness (QED) is 0.543. The van der Waals surface area contributed by atoms with E-state index >= 15 is 0 Å². The fourth-order valence-electron chi connectivity index (χ4n) is 1.69. The highest BCUT2D eigenvalue weighted by Crippen LogP contribution is 2.31. The van der Waals surface area contributed by atoms with Gasteiger partial charge in [0, 0.05) is 0 Å². The molecule has 0 saturated carbocycles. The summed E-state index contributed by atoms with van der Waals surface area (Å²) >= 11 is 0. The van der Waals surface area contributed by atoms with E-state index in [1.807, 2.05) is 6.92 Å². The largest absolute Gasteiger partial charge is 0.393 e. The molecule has 1 nitrogen and oxygen atoms in total. The Kier molecular flexibility index (Phi) is 1.86. The molecule has 0 aromatic carbocycles. The SMILES string of the molecule is CC1=[C]C(C)(C)CC(O)C1. The molecule has 10 heavy (non-hydrogen) atoms. The highest BCUT2D eigenvalue weighted by molar-refractivity contribution is 5.05. The third kappa shape index (κ3) is 1.84. The lowest BCUT2D eigenvalue weighted by atomic mass is 9.79. The lowest BCUT2D eigenvalue weighted by molar-refractivity contribution is 0.117. The molecular formula is C9H15O. The summed E-state index contributed by atoms with van der Waals surface area (Å²) in [5, 5.41) is 9.35. The highest BCUT2D eigenvalue weighted by atomic mass is 16.3. The van der Waals surface area contributed by atoms with Crippen molar-refractivity contribution < 1.29 is 5.11 Å². The van der Waals surface area contributed by atoms with Gasteiger partial charge in [0.25, 0.3) is 0 Å². The minimum Gasteiger partial charge on any atom is -0.393 e. The first-order valence-corrected chi connectivity index (χ1v) is 3.78. The van der Waals surface area contributed by atoms with Gasteiger partial charge in [0.2, 0.25) is 0 Å². The first kappa shape index (κ1) is 7.80. The van der Waals surface area contributed by atoms with Crippen molar-refractivity contribution in [2.75, 3.05) is 0 Å². The molecule has 1 unspecified atom stereocenters. The van der Waals surface area contributed by atoms with Crippen molar-refractivity contribution in [1.29, 1.82) is 0 Å². The number of hydrogen-bond acceptors (Lipinski definition) is 1. The third-order valence-electron chi connectivity index (χ3n) is 1.84. The molecule has 0 heterocycles. The summed E-state index contributed by atoms with van der Waals surface area (Å²) < 4.78 is 0. The monoisotopic (exact) mass is 139 g/mol. The van der Waals surface area contributed by atoms with E-state index in [9.17, 15) is 5.11 Å². The molecule has 0 saturated heterocycles. The molecule has 1 aliphatic rings. The molecule has 0 bridgehead atoms. The highest BCUT2D eigenvalue weighted by Gasteiger charge is 2.25. The molecule has 0 aliphatic heterocycles. The van der Waals surface area contributed by atoms with Gasteiger partial charge in [-0.1, -0.05) is 19.4 Å². The molecule has 0 aromatic heterocycles. The van der Waals surface area contributed by atoms with Crippen molar-refractivity contribution in [2.45, 2.75) is 39.7 Å². The van der Waals surface area contributed by atoms with Gasteiger partial charge in [0.1, 0.15) is 0 Å². The number of rotatable bonds is 0. The van der Waals surface area contributed by atoms with Gasteiger partial charge in [-0.05, 0) is 31.3 Å². The van der Waals surface area contributed by atoms with Gasteiger partial charge in [-0.15, -0.1) is 0 Å². The Morgan fingerprint density at radius 2 is 2.20 bits per heavy atom. The summed E-state index contributed by atoms with van der Waals surface area (Å²) in [5.41, 5.74) is 1.28. The molecule has 1 radical (unpaired) electrons. The van der Waals surface area contributed by atoms with E-state index in [-0.39, 0.29) is 11.5 Å². The van der Waals surface area contributed by atoms with Gasteiger partial charge >= 0.3 is 0 Å². The van der Waals surface area contributed by atoms with Crippen LogP contribution in [0.4, 0.5) is 0 Å². The second kappa shape index (κ2) is 2.39. The summed E-state index contributed by atoms with van der Waals surface area (Å²) in [7, 11) is 0. The van der Waals surface area contributed by atoms with Crippen molar-refractivity contribution in [3.63, 3.8) is 0 Å². The van der Waals surface area contributed by atoms with Crippen molar-refractivity contribution in [3.05, 3.63) is 11.6 Å². The molecule has 0 amide bonds. The van der Waals surface area contributed by atoms with Crippen LogP contribution in [-0.2, 0) is 0 Å². The Balaban J connectivity index is 2.74. The summed E-state index contributed by atoms with van der Waals surface area (Å²) in [4.78, 5) is 0. The molecule has 0 aromatic rings. The van der Waals surface area contributed by atoms with Gasteiger partial charge in [0.05, 0.1) is 6.10 Å². The second-order valence-corrected chi connectivity index (χ2v) is 3.85. The van der Waals surface area contributed by atoms with Crippen LogP contribution in [0, 0.1) is 11.5 Å². The van der Waals surface area contributed by atoms with Gasteiger partial charge in [0.15, 0.2) is 0 Å². The van der Waals surface area contributed by atoms with E-state index < -0.39 is 0 Å². The van der Waals surface area contributed by atoms with Crippen molar-refractivity contribution in [1.82, 2.24) is 0 Å². The van der Waals surface area contributed by atoms with Gasteiger partial charge in [-0.25, -0.2) is 0 Å². The number of allylic oxidation sites excluding steroid dienone is 1. The average Bonchev–Trinajstić information content (AvgIpc) is 1.54. The average molecular weight is 139 g/mol. The smallest absolute Gasteiger partial charge is 0.0585 e. The maximum atomic E-state index is 9.35. The maximum absolute atomic E-state index is 9.35. The summed E-state index contributed by atoms with van der Waals surface area (Å²) in [6.07, 6.45) is 4.86. The van der Waals surface area contributed by atoms with E-state index in [2.05, 4.69) is 19.9 Å². The van der Waals surface area contributed by atoms with Crippen molar-refractivity contribution in [3.8, 4) is 0 Å². The van der Waals surface area contributed by atoms with E-state index in [4.69, 9.17) is 0 Å². The fourth-order valence-corrected chi connectivity index (χ4v) is 1.69. The van der Waals surface area contributed by atoms with E-state index in [1.54, 1.807) is 0 Å². The van der Waals surface area contributed by atoms with Crippen LogP contribution in [0.2, 0.25) is 0 Å². The molecule has 57 valence electrons. The van der Waals surface area contributed by atoms with Gasteiger partial charge in [-0.3, -0.25) is 0 Å². The van der Waals surface area contributed by atoms with Crippen molar-refractivity contribution in [2.24, 2.45) is 5.41 Å². The Hall–Kier alpha value is -0.300. The zero-order valence-corrected chi connectivity index (χ0v) is 6.94. The minimum absolute atomic E-state index is 0.0851. The summed E-state index contributed by atoms with van der Waals surface area (Å²) in [6, 6.07) is 0.